The highest BCUT2D eigenvalue weighted by Crippen LogP contribution is 2.28. The van der Waals surface area contributed by atoms with Crippen molar-refractivity contribution in [3.05, 3.63) is 65.2 Å². The van der Waals surface area contributed by atoms with Crippen molar-refractivity contribution in [3.8, 4) is 5.75 Å². The number of carbonyl (C=O) groups is 2. The highest BCUT2D eigenvalue weighted by Gasteiger charge is 2.23. The second-order valence-electron chi connectivity index (χ2n) is 5.82. The van der Waals surface area contributed by atoms with Crippen LogP contribution in [0.25, 0.3) is 0 Å². The van der Waals surface area contributed by atoms with E-state index < -0.39 is 11.4 Å². The third-order valence-corrected chi connectivity index (χ3v) is 3.67. The van der Waals surface area contributed by atoms with Crippen LogP contribution in [0.15, 0.2) is 48.5 Å². The highest BCUT2D eigenvalue weighted by molar-refractivity contribution is 5.92. The molecule has 0 bridgehead atoms. The number of rotatable bonds is 6. The molecule has 0 saturated carbocycles. The Labute approximate surface area is 136 Å². The predicted molar refractivity (Wildman–Crippen MR) is 87.6 cm³/mol. The Hall–Kier alpha value is -2.62. The first-order chi connectivity index (χ1) is 11.0. The Bertz CT molecular complexity index is 690. The van der Waals surface area contributed by atoms with E-state index in [0.29, 0.717) is 11.3 Å². The molecule has 0 aliphatic rings. The molecule has 0 aliphatic carbocycles. The van der Waals surface area contributed by atoms with Gasteiger partial charge in [-0.3, -0.25) is 0 Å². The summed E-state index contributed by atoms with van der Waals surface area (Å²) >= 11 is 0. The normalized spacial score (nSPS) is 10.9. The lowest BCUT2D eigenvalue weighted by atomic mass is 9.86. The van der Waals surface area contributed by atoms with Crippen LogP contribution in [0.2, 0.25) is 0 Å². The third kappa shape index (κ3) is 3.97. The van der Waals surface area contributed by atoms with Gasteiger partial charge in [-0.2, -0.15) is 0 Å². The van der Waals surface area contributed by atoms with Crippen LogP contribution in [0.5, 0.6) is 5.75 Å². The van der Waals surface area contributed by atoms with Crippen molar-refractivity contribution < 1.29 is 19.1 Å². The molecule has 0 radical (unpaired) electrons. The molecular formula is C19H20O4. The van der Waals surface area contributed by atoms with Crippen LogP contribution in [-0.4, -0.2) is 19.4 Å². The molecule has 2 rings (SSSR count). The van der Waals surface area contributed by atoms with Crippen molar-refractivity contribution in [2.45, 2.75) is 25.9 Å². The number of ether oxygens (including phenoxy) is 2. The minimum absolute atomic E-state index is 0.199. The van der Waals surface area contributed by atoms with Crippen molar-refractivity contribution in [3.63, 3.8) is 0 Å². The van der Waals surface area contributed by atoms with Crippen LogP contribution in [-0.2, 0) is 21.6 Å². The molecule has 0 spiro atoms. The molecule has 0 fully saturated rings. The number of carbonyl (C=O) groups excluding carboxylic acids is 2. The first-order valence-electron chi connectivity index (χ1n) is 7.34. The maximum atomic E-state index is 12.3. The number of aldehydes is 1. The molecule has 2 aromatic carbocycles. The van der Waals surface area contributed by atoms with Gasteiger partial charge in [0, 0.05) is 5.41 Å². The first kappa shape index (κ1) is 16.7. The Balaban J connectivity index is 2.18. The topological polar surface area (TPSA) is 52.6 Å². The van der Waals surface area contributed by atoms with Crippen LogP contribution < -0.4 is 4.74 Å². The van der Waals surface area contributed by atoms with Crippen molar-refractivity contribution >= 4 is 12.3 Å². The van der Waals surface area contributed by atoms with Gasteiger partial charge < -0.3 is 14.3 Å². The second kappa shape index (κ2) is 7.09. The van der Waals surface area contributed by atoms with E-state index in [9.17, 15) is 9.59 Å². The summed E-state index contributed by atoms with van der Waals surface area (Å²) in [6, 6.07) is 14.5. The lowest BCUT2D eigenvalue weighted by Gasteiger charge is -2.19. The van der Waals surface area contributed by atoms with Gasteiger partial charge in [0.25, 0.3) is 0 Å². The van der Waals surface area contributed by atoms with Crippen LogP contribution in [0.4, 0.5) is 0 Å². The zero-order valence-corrected chi connectivity index (χ0v) is 13.5. The lowest BCUT2D eigenvalue weighted by Crippen LogP contribution is -2.19. The fourth-order valence-corrected chi connectivity index (χ4v) is 2.13. The lowest BCUT2D eigenvalue weighted by molar-refractivity contribution is -0.111. The monoisotopic (exact) mass is 312 g/mol. The highest BCUT2D eigenvalue weighted by atomic mass is 16.5. The Kier molecular flexibility index (Phi) is 5.16. The molecule has 0 amide bonds. The summed E-state index contributed by atoms with van der Waals surface area (Å²) < 4.78 is 10.6. The van der Waals surface area contributed by atoms with Gasteiger partial charge in [-0.15, -0.1) is 0 Å². The number of benzene rings is 2. The zero-order valence-electron chi connectivity index (χ0n) is 13.5. The summed E-state index contributed by atoms with van der Waals surface area (Å²) in [4.78, 5) is 23.4. The van der Waals surface area contributed by atoms with Crippen molar-refractivity contribution in [2.75, 3.05) is 7.11 Å². The summed E-state index contributed by atoms with van der Waals surface area (Å²) in [5.74, 6) is -0.0587. The molecule has 0 aliphatic heterocycles. The maximum absolute atomic E-state index is 12.3. The number of hydrogen-bond acceptors (Lipinski definition) is 4. The maximum Gasteiger partial charge on any atom is 0.342 e. The van der Waals surface area contributed by atoms with E-state index in [1.54, 1.807) is 18.2 Å². The van der Waals surface area contributed by atoms with E-state index in [4.69, 9.17) is 9.47 Å². The standard InChI is InChI=1S/C19H20O4/c1-19(2,13-20)15-9-10-16(17(11-15)22-3)18(21)23-12-14-7-5-4-6-8-14/h4-11,13H,12H2,1-3H3. The van der Waals surface area contributed by atoms with E-state index in [1.165, 1.54) is 7.11 Å². The van der Waals surface area contributed by atoms with Crippen LogP contribution in [0, 0.1) is 0 Å². The average Bonchev–Trinajstić information content (AvgIpc) is 2.59. The molecule has 120 valence electrons. The van der Waals surface area contributed by atoms with Gasteiger partial charge in [0.05, 0.1) is 7.11 Å². The Morgan fingerprint density at radius 1 is 1.13 bits per heavy atom. The molecule has 0 saturated heterocycles. The minimum atomic E-state index is -0.639. The smallest absolute Gasteiger partial charge is 0.342 e. The molecule has 0 aromatic heterocycles. The second-order valence-corrected chi connectivity index (χ2v) is 5.82. The van der Waals surface area contributed by atoms with Gasteiger partial charge in [-0.1, -0.05) is 36.4 Å². The third-order valence-electron chi connectivity index (χ3n) is 3.67. The van der Waals surface area contributed by atoms with Gasteiger partial charge in [0.1, 0.15) is 24.2 Å². The van der Waals surface area contributed by atoms with E-state index in [1.807, 2.05) is 44.2 Å². The summed E-state index contributed by atoms with van der Waals surface area (Å²) in [6.07, 6.45) is 0.870. The van der Waals surface area contributed by atoms with Gasteiger partial charge in [0.15, 0.2) is 0 Å². The van der Waals surface area contributed by atoms with Crippen molar-refractivity contribution in [2.24, 2.45) is 0 Å². The van der Waals surface area contributed by atoms with Crippen molar-refractivity contribution in [1.82, 2.24) is 0 Å². The fourth-order valence-electron chi connectivity index (χ4n) is 2.13. The van der Waals surface area contributed by atoms with Gasteiger partial charge in [-0.25, -0.2) is 4.79 Å². The number of methoxy groups -OCH3 is 1. The summed E-state index contributed by atoms with van der Waals surface area (Å²) in [5.41, 5.74) is 1.40. The van der Waals surface area contributed by atoms with Crippen LogP contribution in [0.1, 0.15) is 35.3 Å². The molecule has 0 N–H and O–H groups in total. The van der Waals surface area contributed by atoms with Gasteiger partial charge in [0.2, 0.25) is 0 Å². The minimum Gasteiger partial charge on any atom is -0.496 e. The number of esters is 1. The zero-order chi connectivity index (χ0) is 16.9. The quantitative estimate of drug-likeness (QED) is 0.605. The molecule has 4 nitrogen and oxygen atoms in total. The van der Waals surface area contributed by atoms with Gasteiger partial charge >= 0.3 is 5.97 Å². The van der Waals surface area contributed by atoms with Crippen LogP contribution >= 0.6 is 0 Å². The molecular weight excluding hydrogens is 292 g/mol. The fraction of sp³-hybridized carbons (Fsp3) is 0.263. The van der Waals surface area contributed by atoms with E-state index >= 15 is 0 Å². The molecule has 0 heterocycles. The SMILES string of the molecule is COc1cc(C(C)(C)C=O)ccc1C(=O)OCc1ccccc1. The Morgan fingerprint density at radius 2 is 1.83 bits per heavy atom. The number of hydrogen-bond donors (Lipinski definition) is 0. The van der Waals surface area contributed by atoms with E-state index in [0.717, 1.165) is 17.4 Å². The summed E-state index contributed by atoms with van der Waals surface area (Å²) in [5, 5.41) is 0. The molecule has 0 unspecified atom stereocenters. The first-order valence-corrected chi connectivity index (χ1v) is 7.34. The average molecular weight is 312 g/mol. The molecule has 0 atom stereocenters. The van der Waals surface area contributed by atoms with Gasteiger partial charge in [-0.05, 0) is 37.1 Å². The Morgan fingerprint density at radius 3 is 2.43 bits per heavy atom. The summed E-state index contributed by atoms with van der Waals surface area (Å²) in [7, 11) is 1.49. The van der Waals surface area contributed by atoms with E-state index in [-0.39, 0.29) is 6.61 Å². The summed E-state index contributed by atoms with van der Waals surface area (Å²) in [6.45, 7) is 3.81. The van der Waals surface area contributed by atoms with Crippen LogP contribution in [0.3, 0.4) is 0 Å². The van der Waals surface area contributed by atoms with E-state index in [2.05, 4.69) is 0 Å². The largest absolute Gasteiger partial charge is 0.496 e. The predicted octanol–water partition coefficient (Wildman–Crippen LogP) is 3.53. The molecule has 4 heteroatoms. The van der Waals surface area contributed by atoms with Crippen molar-refractivity contribution in [1.29, 1.82) is 0 Å². The molecule has 2 aromatic rings. The molecule has 23 heavy (non-hydrogen) atoms.